The molecule has 0 saturated carbocycles. The van der Waals surface area contributed by atoms with E-state index < -0.39 is 21.3 Å². The molecule has 8 aromatic carbocycles. The Morgan fingerprint density at radius 2 is 0.577 bits per heavy atom. The van der Waals surface area contributed by atoms with E-state index in [4.69, 9.17) is 4.74 Å². The molecule has 52 heavy (non-hydrogen) atoms. The van der Waals surface area contributed by atoms with E-state index in [-0.39, 0.29) is 0 Å². The quantitative estimate of drug-likeness (QED) is 0.143. The highest BCUT2D eigenvalue weighted by Crippen LogP contribution is 2.57. The third-order valence-electron chi connectivity index (χ3n) is 9.95. The molecule has 1 aliphatic rings. The van der Waals surface area contributed by atoms with Gasteiger partial charge in [0.15, 0.2) is 0 Å². The van der Waals surface area contributed by atoms with E-state index >= 15 is 0 Å². The Morgan fingerprint density at radius 1 is 0.288 bits per heavy atom. The fraction of sp³-hybridized carbons (Fsp3) is 0.0204. The lowest BCUT2D eigenvalue weighted by Gasteiger charge is -2.43. The largest absolute Gasteiger partial charge is 0.455 e. The number of fused-ring (bicyclic) bond motifs is 2. The van der Waals surface area contributed by atoms with Gasteiger partial charge in [0.05, 0.1) is 5.41 Å². The molecule has 0 amide bonds. The first kappa shape index (κ1) is 32.3. The lowest BCUT2D eigenvalue weighted by Crippen LogP contribution is -2.38. The molecule has 1 nitrogen and oxygen atoms in total. The Hall–Kier alpha value is -5.58. The van der Waals surface area contributed by atoms with Crippen LogP contribution < -0.4 is 36.6 Å². The first-order chi connectivity index (χ1) is 25.8. The molecule has 8 aromatic rings. The molecule has 1 heterocycles. The van der Waals surface area contributed by atoms with Crippen molar-refractivity contribution in [2.75, 3.05) is 0 Å². The van der Waals surface area contributed by atoms with E-state index in [0.717, 1.165) is 22.6 Å². The fourth-order valence-electron chi connectivity index (χ4n) is 7.78. The average molecular weight is 703 g/mol. The number of ether oxygens (including phenoxy) is 1. The second-order valence-electron chi connectivity index (χ2n) is 12.9. The van der Waals surface area contributed by atoms with Crippen molar-refractivity contribution in [3.63, 3.8) is 0 Å². The standard InChI is InChI=1S/C49H36OP2/c1-7-21-37(22-8-1)49(38-23-9-2-10-24-38)43-33-19-35-45(51(39-25-11-3-12-26-39)40-27-13-4-14-28-40)47(43)50-48-44(49)34-20-36-46(48)52(41-29-15-5-16-30-41)42-31-17-6-18-32-42/h1-36H. The van der Waals surface area contributed by atoms with Gasteiger partial charge in [0, 0.05) is 21.7 Å². The molecular weight excluding hydrogens is 666 g/mol. The number of rotatable bonds is 8. The van der Waals surface area contributed by atoms with E-state index in [1.165, 1.54) is 43.0 Å². The Bertz CT molecular complexity index is 2160. The number of hydrogen-bond acceptors (Lipinski definition) is 1. The summed E-state index contributed by atoms with van der Waals surface area (Å²) in [5, 5.41) is 7.60. The van der Waals surface area contributed by atoms with Crippen LogP contribution >= 0.6 is 15.8 Å². The molecule has 1 aliphatic heterocycles. The number of para-hydroxylation sites is 2. The monoisotopic (exact) mass is 702 g/mol. The highest BCUT2D eigenvalue weighted by atomic mass is 31.1. The maximum atomic E-state index is 7.62. The van der Waals surface area contributed by atoms with E-state index in [1.807, 2.05) is 0 Å². The molecule has 0 N–H and O–H groups in total. The maximum Gasteiger partial charge on any atom is 0.140 e. The molecule has 0 atom stereocenters. The second kappa shape index (κ2) is 14.2. The van der Waals surface area contributed by atoms with Gasteiger partial charge in [0.2, 0.25) is 0 Å². The minimum atomic E-state index is -0.961. The van der Waals surface area contributed by atoms with Gasteiger partial charge in [0.25, 0.3) is 0 Å². The van der Waals surface area contributed by atoms with Crippen molar-refractivity contribution in [1.82, 2.24) is 0 Å². The minimum Gasteiger partial charge on any atom is -0.455 e. The summed E-state index contributed by atoms with van der Waals surface area (Å²) in [6.45, 7) is 0. The van der Waals surface area contributed by atoms with Crippen LogP contribution in [0.4, 0.5) is 0 Å². The summed E-state index contributed by atoms with van der Waals surface area (Å²) >= 11 is 0. The predicted molar refractivity (Wildman–Crippen MR) is 222 cm³/mol. The van der Waals surface area contributed by atoms with Crippen molar-refractivity contribution >= 4 is 47.7 Å². The molecule has 0 fully saturated rings. The van der Waals surface area contributed by atoms with Gasteiger partial charge < -0.3 is 4.74 Å². The van der Waals surface area contributed by atoms with Crippen LogP contribution in [0.5, 0.6) is 11.5 Å². The van der Waals surface area contributed by atoms with Crippen molar-refractivity contribution in [2.45, 2.75) is 5.41 Å². The SMILES string of the molecule is c1ccc(P(c2ccccc2)c2cccc3c2Oc2c(P(c4ccccc4)c4ccccc4)cccc2C3(c2ccccc2)c2ccccc2)cc1. The smallest absolute Gasteiger partial charge is 0.140 e. The second-order valence-corrected chi connectivity index (χ2v) is 17.3. The van der Waals surface area contributed by atoms with Crippen LogP contribution in [0.1, 0.15) is 22.3 Å². The highest BCUT2D eigenvalue weighted by molar-refractivity contribution is 7.80. The van der Waals surface area contributed by atoms with Crippen molar-refractivity contribution in [2.24, 2.45) is 0 Å². The Balaban J connectivity index is 1.41. The average Bonchev–Trinajstić information content (AvgIpc) is 3.23. The molecule has 0 aliphatic carbocycles. The van der Waals surface area contributed by atoms with Gasteiger partial charge in [0.1, 0.15) is 11.5 Å². The lowest BCUT2D eigenvalue weighted by atomic mass is 9.63. The van der Waals surface area contributed by atoms with Gasteiger partial charge in [-0.1, -0.05) is 218 Å². The normalized spacial score (nSPS) is 12.9. The van der Waals surface area contributed by atoms with E-state index in [2.05, 4.69) is 218 Å². The van der Waals surface area contributed by atoms with Crippen LogP contribution in [0.15, 0.2) is 218 Å². The Morgan fingerprint density at radius 3 is 0.885 bits per heavy atom. The van der Waals surface area contributed by atoms with E-state index in [9.17, 15) is 0 Å². The van der Waals surface area contributed by atoms with Gasteiger partial charge in [-0.15, -0.1) is 0 Å². The zero-order valence-electron chi connectivity index (χ0n) is 28.6. The van der Waals surface area contributed by atoms with Gasteiger partial charge in [-0.3, -0.25) is 0 Å². The molecule has 0 aromatic heterocycles. The van der Waals surface area contributed by atoms with Gasteiger partial charge in [-0.2, -0.15) is 0 Å². The highest BCUT2D eigenvalue weighted by Gasteiger charge is 2.47. The number of hydrogen-bond donors (Lipinski definition) is 0. The number of benzene rings is 8. The molecule has 0 unspecified atom stereocenters. The van der Waals surface area contributed by atoms with Crippen molar-refractivity contribution in [3.05, 3.63) is 241 Å². The van der Waals surface area contributed by atoms with Crippen LogP contribution in [0.3, 0.4) is 0 Å². The lowest BCUT2D eigenvalue weighted by molar-refractivity contribution is 0.442. The summed E-state index contributed by atoms with van der Waals surface area (Å²) in [4.78, 5) is 0. The predicted octanol–water partition coefficient (Wildman–Crippen LogP) is 9.69. The first-order valence-corrected chi connectivity index (χ1v) is 20.4. The summed E-state index contributed by atoms with van der Waals surface area (Å²) < 4.78 is 7.62. The van der Waals surface area contributed by atoms with Gasteiger partial charge >= 0.3 is 0 Å². The van der Waals surface area contributed by atoms with E-state index in [0.29, 0.717) is 0 Å². The summed E-state index contributed by atoms with van der Waals surface area (Å²) in [5.74, 6) is 1.90. The van der Waals surface area contributed by atoms with Crippen molar-refractivity contribution < 1.29 is 4.74 Å². The maximum absolute atomic E-state index is 7.62. The fourth-order valence-corrected chi connectivity index (χ4v) is 12.6. The van der Waals surface area contributed by atoms with Crippen LogP contribution in [-0.4, -0.2) is 0 Å². The molecule has 0 spiro atoms. The summed E-state index contributed by atoms with van der Waals surface area (Å²) in [5.41, 5.74) is 4.12. The molecule has 3 heteroatoms. The van der Waals surface area contributed by atoms with Crippen molar-refractivity contribution in [3.8, 4) is 11.5 Å². The molecular formula is C49H36OP2. The van der Waals surface area contributed by atoms with Gasteiger partial charge in [-0.25, -0.2) is 0 Å². The molecule has 9 rings (SSSR count). The molecule has 0 radical (unpaired) electrons. The van der Waals surface area contributed by atoms with Crippen LogP contribution in [-0.2, 0) is 5.41 Å². The summed E-state index contributed by atoms with van der Waals surface area (Å²) in [6, 6.07) is 79.6. The Kier molecular flexibility index (Phi) is 8.84. The zero-order valence-corrected chi connectivity index (χ0v) is 30.4. The minimum absolute atomic E-state index is 0.639. The van der Waals surface area contributed by atoms with Crippen LogP contribution in [0.2, 0.25) is 0 Å². The third-order valence-corrected chi connectivity index (χ3v) is 14.9. The topological polar surface area (TPSA) is 9.23 Å². The Labute approximate surface area is 308 Å². The van der Waals surface area contributed by atoms with E-state index in [1.54, 1.807) is 0 Å². The first-order valence-electron chi connectivity index (χ1n) is 17.7. The van der Waals surface area contributed by atoms with Gasteiger partial charge in [-0.05, 0) is 48.2 Å². The van der Waals surface area contributed by atoms with Crippen LogP contribution in [0, 0.1) is 0 Å². The van der Waals surface area contributed by atoms with Crippen LogP contribution in [0.25, 0.3) is 0 Å². The molecule has 0 saturated heterocycles. The molecule has 248 valence electrons. The van der Waals surface area contributed by atoms with Crippen molar-refractivity contribution in [1.29, 1.82) is 0 Å². The molecule has 0 bridgehead atoms. The third kappa shape index (κ3) is 5.59. The summed E-state index contributed by atoms with van der Waals surface area (Å²) in [7, 11) is -1.92. The summed E-state index contributed by atoms with van der Waals surface area (Å²) in [6.07, 6.45) is 0. The zero-order chi connectivity index (χ0) is 34.7.